The number of rotatable bonds is 8. The summed E-state index contributed by atoms with van der Waals surface area (Å²) < 4.78 is 5.91. The second-order valence-electron chi connectivity index (χ2n) is 5.49. The molecule has 0 aliphatic rings. The summed E-state index contributed by atoms with van der Waals surface area (Å²) >= 11 is 0. The van der Waals surface area contributed by atoms with E-state index in [1.54, 1.807) is 0 Å². The molecule has 0 aromatic heterocycles. The number of nitrogens with zero attached hydrogens (tertiary/aromatic N) is 1. The third kappa shape index (κ3) is 4.54. The van der Waals surface area contributed by atoms with Crippen molar-refractivity contribution in [1.29, 1.82) is 5.26 Å². The van der Waals surface area contributed by atoms with Crippen LogP contribution in [0.4, 0.5) is 0 Å². The van der Waals surface area contributed by atoms with Gasteiger partial charge in [0.25, 0.3) is 0 Å². The van der Waals surface area contributed by atoms with Crippen molar-refractivity contribution >= 4 is 0 Å². The first kappa shape index (κ1) is 16.5. The largest absolute Gasteiger partial charge is 0.493 e. The van der Waals surface area contributed by atoms with Crippen molar-refractivity contribution in [2.45, 2.75) is 51.5 Å². The summed E-state index contributed by atoms with van der Waals surface area (Å²) in [5.41, 5.74) is 0.811. The molecule has 20 heavy (non-hydrogen) atoms. The maximum Gasteiger partial charge on any atom is 0.122 e. The smallest absolute Gasteiger partial charge is 0.122 e. The molecule has 0 bridgehead atoms. The van der Waals surface area contributed by atoms with Gasteiger partial charge in [0.2, 0.25) is 0 Å². The van der Waals surface area contributed by atoms with Crippen LogP contribution in [0.2, 0.25) is 0 Å². The molecular weight excluding hydrogens is 248 g/mol. The van der Waals surface area contributed by atoms with E-state index < -0.39 is 5.54 Å². The highest BCUT2D eigenvalue weighted by atomic mass is 16.5. The van der Waals surface area contributed by atoms with Gasteiger partial charge in [0.15, 0.2) is 0 Å². The summed E-state index contributed by atoms with van der Waals surface area (Å²) in [5.74, 6) is 1.48. The first-order chi connectivity index (χ1) is 9.56. The van der Waals surface area contributed by atoms with Crippen molar-refractivity contribution in [2.75, 3.05) is 13.7 Å². The van der Waals surface area contributed by atoms with E-state index in [0.717, 1.165) is 25.0 Å². The molecule has 0 heterocycles. The Morgan fingerprint density at radius 3 is 2.70 bits per heavy atom. The Labute approximate surface area is 123 Å². The number of hydrogen-bond donors (Lipinski definition) is 1. The minimum Gasteiger partial charge on any atom is -0.493 e. The van der Waals surface area contributed by atoms with Crippen molar-refractivity contribution < 1.29 is 4.74 Å². The van der Waals surface area contributed by atoms with Crippen LogP contribution in [0.5, 0.6) is 5.75 Å². The third-order valence-electron chi connectivity index (χ3n) is 3.94. The topological polar surface area (TPSA) is 45.0 Å². The maximum absolute atomic E-state index is 9.10. The van der Waals surface area contributed by atoms with E-state index in [1.165, 1.54) is 5.56 Å². The lowest BCUT2D eigenvalue weighted by Gasteiger charge is -2.21. The molecule has 0 aliphatic carbocycles. The molecule has 1 rings (SSSR count). The van der Waals surface area contributed by atoms with Gasteiger partial charge in [-0.2, -0.15) is 5.26 Å². The molecule has 1 aromatic rings. The minimum absolute atomic E-state index is 0.459. The highest BCUT2D eigenvalue weighted by Gasteiger charge is 2.20. The van der Waals surface area contributed by atoms with Gasteiger partial charge in [0.1, 0.15) is 11.3 Å². The first-order valence-corrected chi connectivity index (χ1v) is 7.38. The van der Waals surface area contributed by atoms with Gasteiger partial charge < -0.3 is 10.1 Å². The molecule has 1 N–H and O–H groups in total. The number of hydrogen-bond acceptors (Lipinski definition) is 3. The minimum atomic E-state index is -0.459. The second-order valence-corrected chi connectivity index (χ2v) is 5.49. The molecular formula is C17H26N2O. The fourth-order valence-electron chi connectivity index (χ4n) is 2.08. The van der Waals surface area contributed by atoms with Crippen LogP contribution in [0, 0.1) is 11.3 Å². The number of para-hydroxylation sites is 1. The number of nitrogens with one attached hydrogen (secondary N) is 1. The van der Waals surface area contributed by atoms with Crippen LogP contribution in [0.25, 0.3) is 0 Å². The molecule has 0 fully saturated rings. The molecule has 0 amide bonds. The quantitative estimate of drug-likeness (QED) is 0.732. The Morgan fingerprint density at radius 1 is 1.40 bits per heavy atom. The van der Waals surface area contributed by atoms with E-state index in [0.29, 0.717) is 12.5 Å². The van der Waals surface area contributed by atoms with E-state index >= 15 is 0 Å². The second kappa shape index (κ2) is 7.91. The van der Waals surface area contributed by atoms with E-state index in [9.17, 15) is 0 Å². The molecule has 1 aromatic carbocycles. The molecule has 0 spiro atoms. The molecule has 0 radical (unpaired) electrons. The summed E-state index contributed by atoms with van der Waals surface area (Å²) in [6.45, 7) is 6.97. The molecule has 0 aliphatic heterocycles. The SMILES string of the molecule is CCC(C)c1ccccc1OCCCC(C)(C#N)NC. The number of benzene rings is 1. The van der Waals surface area contributed by atoms with Gasteiger partial charge >= 0.3 is 0 Å². The molecule has 0 saturated carbocycles. The van der Waals surface area contributed by atoms with Crippen LogP contribution < -0.4 is 10.1 Å². The molecule has 110 valence electrons. The lowest BCUT2D eigenvalue weighted by Crippen LogP contribution is -2.38. The van der Waals surface area contributed by atoms with Gasteiger partial charge in [-0.3, -0.25) is 0 Å². The summed E-state index contributed by atoms with van der Waals surface area (Å²) in [7, 11) is 1.82. The van der Waals surface area contributed by atoms with Crippen LogP contribution in [0.15, 0.2) is 24.3 Å². The Hall–Kier alpha value is -1.53. The standard InChI is InChI=1S/C17H26N2O/c1-5-14(2)15-9-6-7-10-16(15)20-12-8-11-17(3,13-18)19-4/h6-7,9-10,14,19H,5,8,11-12H2,1-4H3. The highest BCUT2D eigenvalue weighted by molar-refractivity contribution is 5.35. The van der Waals surface area contributed by atoms with Gasteiger partial charge in [-0.15, -0.1) is 0 Å². The van der Waals surface area contributed by atoms with Crippen LogP contribution in [-0.2, 0) is 0 Å². The zero-order chi connectivity index (χ0) is 15.0. The van der Waals surface area contributed by atoms with Crippen molar-refractivity contribution in [3.05, 3.63) is 29.8 Å². The molecule has 3 nitrogen and oxygen atoms in total. The number of nitriles is 1. The predicted octanol–water partition coefficient (Wildman–Crippen LogP) is 3.86. The fraction of sp³-hybridized carbons (Fsp3) is 0.588. The van der Waals surface area contributed by atoms with Crippen LogP contribution >= 0.6 is 0 Å². The van der Waals surface area contributed by atoms with E-state index in [4.69, 9.17) is 10.00 Å². The van der Waals surface area contributed by atoms with Gasteiger partial charge in [-0.25, -0.2) is 0 Å². The number of ether oxygens (including phenoxy) is 1. The molecule has 2 atom stereocenters. The van der Waals surface area contributed by atoms with Crippen LogP contribution in [0.1, 0.15) is 51.5 Å². The van der Waals surface area contributed by atoms with E-state index in [1.807, 2.05) is 26.1 Å². The predicted molar refractivity (Wildman–Crippen MR) is 83.0 cm³/mol. The highest BCUT2D eigenvalue weighted by Crippen LogP contribution is 2.28. The average Bonchev–Trinajstić information content (AvgIpc) is 2.51. The van der Waals surface area contributed by atoms with E-state index in [2.05, 4.69) is 37.4 Å². The first-order valence-electron chi connectivity index (χ1n) is 7.38. The van der Waals surface area contributed by atoms with Gasteiger partial charge in [0, 0.05) is 0 Å². The average molecular weight is 274 g/mol. The van der Waals surface area contributed by atoms with Gasteiger partial charge in [0.05, 0.1) is 12.7 Å². The van der Waals surface area contributed by atoms with E-state index in [-0.39, 0.29) is 0 Å². The molecule has 2 unspecified atom stereocenters. The Morgan fingerprint density at radius 2 is 2.10 bits per heavy atom. The van der Waals surface area contributed by atoms with Crippen molar-refractivity contribution in [2.24, 2.45) is 0 Å². The summed E-state index contributed by atoms with van der Waals surface area (Å²) in [6, 6.07) is 10.5. The fourth-order valence-corrected chi connectivity index (χ4v) is 2.08. The monoisotopic (exact) mass is 274 g/mol. The maximum atomic E-state index is 9.10. The third-order valence-corrected chi connectivity index (χ3v) is 3.94. The van der Waals surface area contributed by atoms with Crippen LogP contribution in [-0.4, -0.2) is 19.2 Å². The zero-order valence-corrected chi connectivity index (χ0v) is 13.1. The Bertz CT molecular complexity index is 453. The van der Waals surface area contributed by atoms with Gasteiger partial charge in [-0.1, -0.05) is 32.0 Å². The van der Waals surface area contributed by atoms with Crippen LogP contribution in [0.3, 0.4) is 0 Å². The zero-order valence-electron chi connectivity index (χ0n) is 13.1. The lowest BCUT2D eigenvalue weighted by atomic mass is 9.97. The molecule has 0 saturated heterocycles. The Balaban J connectivity index is 2.53. The lowest BCUT2D eigenvalue weighted by molar-refractivity contribution is 0.285. The molecule has 3 heteroatoms. The summed E-state index contributed by atoms with van der Waals surface area (Å²) in [5, 5.41) is 12.1. The normalized spacial score (nSPS) is 15.2. The van der Waals surface area contributed by atoms with Crippen molar-refractivity contribution in [3.8, 4) is 11.8 Å². The summed E-state index contributed by atoms with van der Waals surface area (Å²) in [6.07, 6.45) is 2.75. The van der Waals surface area contributed by atoms with Gasteiger partial charge in [-0.05, 0) is 50.8 Å². The van der Waals surface area contributed by atoms with Crippen molar-refractivity contribution in [3.63, 3.8) is 0 Å². The summed E-state index contributed by atoms with van der Waals surface area (Å²) in [4.78, 5) is 0. The Kier molecular flexibility index (Phi) is 6.54. The van der Waals surface area contributed by atoms with Crippen molar-refractivity contribution in [1.82, 2.24) is 5.32 Å².